The zero-order valence-corrected chi connectivity index (χ0v) is 80.4. The zero-order valence-electron chi connectivity index (χ0n) is 80.4. The number of para-hydroxylation sites is 7. The monoisotopic (exact) mass is 1920 g/mol. The Morgan fingerprint density at radius 1 is 0.187 bits per heavy atom. The molecule has 0 N–H and O–H groups in total. The van der Waals surface area contributed by atoms with E-state index in [9.17, 15) is 0 Å². The van der Waals surface area contributed by atoms with Crippen LogP contribution >= 0.6 is 0 Å². The van der Waals surface area contributed by atoms with E-state index in [4.69, 9.17) is 9.40 Å². The highest BCUT2D eigenvalue weighted by Gasteiger charge is 2.31. The summed E-state index contributed by atoms with van der Waals surface area (Å²) in [5.74, 6) is 0.621. The zero-order chi connectivity index (χ0) is 97.4. The van der Waals surface area contributed by atoms with E-state index < -0.39 is 0 Å². The third-order valence-electron chi connectivity index (χ3n) is 30.0. The Hall–Kier alpha value is -19.9. The second-order valence-electron chi connectivity index (χ2n) is 38.3. The van der Waals surface area contributed by atoms with Crippen LogP contribution in [0.4, 0.5) is 51.2 Å². The van der Waals surface area contributed by atoms with Crippen LogP contribution in [0.1, 0.15) is 14.9 Å². The van der Waals surface area contributed by atoms with Crippen molar-refractivity contribution in [2.75, 3.05) is 14.7 Å². The fourth-order valence-electron chi connectivity index (χ4n) is 23.8. The van der Waals surface area contributed by atoms with Crippen LogP contribution in [0.25, 0.3) is 219 Å². The van der Waals surface area contributed by atoms with Gasteiger partial charge in [-0.2, -0.15) is 0 Å². The summed E-state index contributed by atoms with van der Waals surface area (Å²) in [5.41, 5.74) is 34.2. The van der Waals surface area contributed by atoms with E-state index in [-0.39, 0.29) is 14.9 Å². The van der Waals surface area contributed by atoms with Gasteiger partial charge in [-0.05, 0) is 248 Å². The van der Waals surface area contributed by atoms with Gasteiger partial charge >= 0.3 is 0 Å². The molecule has 0 amide bonds. The highest BCUT2D eigenvalue weighted by Crippen LogP contribution is 2.54. The number of oxazole rings is 1. The molecule has 0 aliphatic heterocycles. The Bertz CT molecular complexity index is 10400. The minimum absolute atomic E-state index is 0. The van der Waals surface area contributed by atoms with Crippen molar-refractivity contribution in [1.29, 1.82) is 0 Å². The number of anilines is 9. The molecule has 0 saturated carbocycles. The van der Waals surface area contributed by atoms with Crippen molar-refractivity contribution in [3.05, 3.63) is 546 Å². The number of fused-ring (bicyclic) bond motifs is 19. The van der Waals surface area contributed by atoms with Crippen molar-refractivity contribution in [2.24, 2.45) is 0 Å². The summed E-state index contributed by atoms with van der Waals surface area (Å²) in [5, 5.41) is 22.4. The number of nitrogens with zero attached hydrogens (tertiary/aromatic N) is 8. The number of hydrogen-bond acceptors (Lipinski definition) is 5. The summed E-state index contributed by atoms with van der Waals surface area (Å²) in [4.78, 5) is 12.2. The van der Waals surface area contributed by atoms with E-state index in [1.165, 1.54) is 153 Å². The topological polar surface area (TPSA) is 54.4 Å². The van der Waals surface area contributed by atoms with Crippen molar-refractivity contribution >= 4 is 214 Å². The molecule has 0 spiro atoms. The summed E-state index contributed by atoms with van der Waals surface area (Å²) < 4.78 is 16.4. The van der Waals surface area contributed by atoms with Crippen LogP contribution in [0.15, 0.2) is 550 Å². The van der Waals surface area contributed by atoms with Gasteiger partial charge in [0.2, 0.25) is 5.89 Å². The molecule has 0 fully saturated rings. The first kappa shape index (κ1) is 89.0. The van der Waals surface area contributed by atoms with Crippen molar-refractivity contribution in [2.45, 2.75) is 14.9 Å². The molecule has 7 heterocycles. The predicted octanol–water partition coefficient (Wildman–Crippen LogP) is 39.5. The minimum Gasteiger partial charge on any atom is -0.436 e. The highest BCUT2D eigenvalue weighted by molar-refractivity contribution is 6.38. The summed E-state index contributed by atoms with van der Waals surface area (Å²) in [6.45, 7) is 0. The largest absolute Gasteiger partial charge is 0.436 e. The quantitative estimate of drug-likeness (QED) is 0.0958. The Morgan fingerprint density at radius 3 is 1.07 bits per heavy atom. The van der Waals surface area contributed by atoms with Gasteiger partial charge in [0.05, 0.1) is 60.9 Å². The van der Waals surface area contributed by atoms with Gasteiger partial charge in [0, 0.05) is 133 Å². The summed E-state index contributed by atoms with van der Waals surface area (Å²) >= 11 is 0. The first-order valence-electron chi connectivity index (χ1n) is 50.6. The molecular weight excluding hydrogens is 1820 g/mol. The lowest BCUT2D eigenvalue weighted by Gasteiger charge is -2.28. The van der Waals surface area contributed by atoms with Gasteiger partial charge in [-0.25, -0.2) is 4.98 Å². The van der Waals surface area contributed by atoms with E-state index in [1.807, 2.05) is 30.3 Å². The fraction of sp³-hybridized carbons (Fsp3) is 0.0142. The smallest absolute Gasteiger partial charge is 0.227 e. The van der Waals surface area contributed by atoms with Crippen LogP contribution in [-0.4, -0.2) is 22.9 Å². The number of aromatic nitrogens is 5. The first-order valence-corrected chi connectivity index (χ1v) is 50.6. The Labute approximate surface area is 867 Å². The predicted molar refractivity (Wildman–Crippen MR) is 637 cm³/mol. The lowest BCUT2D eigenvalue weighted by molar-refractivity contribution is 0.620. The molecule has 24 aromatic carbocycles. The molecule has 0 bridgehead atoms. The number of hydrogen-bond donors (Lipinski definition) is 0. The third-order valence-corrected chi connectivity index (χ3v) is 30.0. The van der Waals surface area contributed by atoms with E-state index in [1.54, 1.807) is 0 Å². The Kier molecular flexibility index (Phi) is 21.8. The second kappa shape index (κ2) is 36.8. The molecule has 9 nitrogen and oxygen atoms in total. The van der Waals surface area contributed by atoms with E-state index in [0.29, 0.717) is 5.89 Å². The van der Waals surface area contributed by atoms with Crippen molar-refractivity contribution in [3.8, 4) is 56.2 Å². The first-order chi connectivity index (χ1) is 73.5. The lowest BCUT2D eigenvalue weighted by Crippen LogP contribution is -2.11. The van der Waals surface area contributed by atoms with Crippen LogP contribution in [0, 0.1) is 0 Å². The van der Waals surface area contributed by atoms with Gasteiger partial charge in [-0.1, -0.05) is 373 Å². The lowest BCUT2D eigenvalue weighted by atomic mass is 9.97. The second-order valence-corrected chi connectivity index (χ2v) is 38.3. The molecule has 0 aliphatic carbocycles. The average Bonchev–Trinajstić information content (AvgIpc) is 1.52. The molecule has 0 saturated heterocycles. The molecule has 31 aromatic rings. The summed E-state index contributed by atoms with van der Waals surface area (Å²) in [6, 6.07) is 196. The van der Waals surface area contributed by atoms with Gasteiger partial charge in [0.25, 0.3) is 0 Å². The molecular formula is C141H98N8O. The van der Waals surface area contributed by atoms with Crippen LogP contribution in [-0.2, 0) is 0 Å². The number of benzene rings is 24. The van der Waals surface area contributed by atoms with Gasteiger partial charge in [-0.3, -0.25) is 0 Å². The van der Waals surface area contributed by atoms with Gasteiger partial charge in [0.15, 0.2) is 5.58 Å². The van der Waals surface area contributed by atoms with Crippen LogP contribution in [0.5, 0.6) is 0 Å². The molecule has 0 aliphatic rings. The molecule has 0 atom stereocenters. The maximum Gasteiger partial charge on any atom is 0.227 e. The maximum atomic E-state index is 6.39. The molecule has 7 aromatic heterocycles. The van der Waals surface area contributed by atoms with Crippen LogP contribution < -0.4 is 14.7 Å². The summed E-state index contributed by atoms with van der Waals surface area (Å²) in [7, 11) is 0. The Morgan fingerprint density at radius 2 is 0.547 bits per heavy atom. The van der Waals surface area contributed by atoms with Crippen molar-refractivity contribution in [1.82, 2.24) is 22.9 Å². The van der Waals surface area contributed by atoms with Crippen LogP contribution in [0.2, 0.25) is 0 Å². The van der Waals surface area contributed by atoms with Gasteiger partial charge in [-0.15, -0.1) is 0 Å². The van der Waals surface area contributed by atoms with E-state index in [0.717, 1.165) is 112 Å². The van der Waals surface area contributed by atoms with Crippen molar-refractivity contribution < 1.29 is 4.42 Å². The number of rotatable bonds is 15. The normalized spacial score (nSPS) is 11.6. The third kappa shape index (κ3) is 14.5. The Balaban J connectivity index is 0.000000110. The SMILES string of the molecule is C.C.c1ccc(-c2cc3c4ccccc4n4c5ccccc5c5cccc6c5c(c2n6-c2cccc(N(c5ccccc5)c5ccccc5)c2)c34)cc1.c1ccc(-c2cccc(N(c3cccc(-c4ccccc4)c3)c3cc4ccccc4c4c3ccc3oc(-c5ccccc5)nc34)c2)cc1.c1ccc(N(c2ccccc2)c2cccc(-n3c4cccc5c6ccccc6n6c7ccc8ccccc8c7c7ccc3c(c54)c76)c2)cc1. The molecule has 708 valence electrons. The highest BCUT2D eigenvalue weighted by atomic mass is 16.3. The van der Waals surface area contributed by atoms with Gasteiger partial charge < -0.3 is 37.1 Å². The molecule has 0 radical (unpaired) electrons. The molecule has 9 heteroatoms. The molecule has 150 heavy (non-hydrogen) atoms. The average molecular weight is 1920 g/mol. The fourth-order valence-corrected chi connectivity index (χ4v) is 23.8. The van der Waals surface area contributed by atoms with Crippen LogP contribution in [0.3, 0.4) is 0 Å². The molecule has 0 unspecified atom stereocenters. The molecule has 31 rings (SSSR count). The van der Waals surface area contributed by atoms with Crippen molar-refractivity contribution in [3.63, 3.8) is 0 Å². The maximum absolute atomic E-state index is 6.39. The minimum atomic E-state index is 0. The summed E-state index contributed by atoms with van der Waals surface area (Å²) in [6.07, 6.45) is 0. The van der Waals surface area contributed by atoms with Gasteiger partial charge in [0.1, 0.15) is 5.52 Å². The van der Waals surface area contributed by atoms with E-state index >= 15 is 0 Å². The van der Waals surface area contributed by atoms with E-state index in [2.05, 4.69) is 548 Å². The standard InChI is InChI=1S/C48H31N3.C46H29N3.C45H30N2O.2CH4/c1-4-16-32(17-5-1)40-31-41-38-25-11-13-28-43(38)51-42-27-12-10-24-37(42)39-26-15-29-44-45(39)46(48(41)51)47(40)50(44)36-23-14-22-35(30-36)49(33-18-6-2-7-19-33)34-20-8-3-9-21-34;1-3-14-31(15-4-1)47(32-16-5-2-6-17-32)33-18-11-19-34(29-33)48-40-24-12-22-37-36-21-9-10-23-39(36)49-41-27-25-30-13-7-8-20-35(30)43(41)38-26-28-42(48)45(44(37)40)46(38)49;1-4-14-31(15-5-1)34-21-12-23-37(28-34)47(38-24-13-22-35(29-38)32-16-6-2-7-17-32)41-30-36-20-10-11-25-39(36)43-40(41)26-27-42-44(43)46-45(48-42)33-18-8-3-9-19-33;;/h1-31H;1-29H;1-30H;2*1H4.